The topological polar surface area (TPSA) is 57.2 Å². The summed E-state index contributed by atoms with van der Waals surface area (Å²) in [5.41, 5.74) is 3.62. The van der Waals surface area contributed by atoms with Crippen LogP contribution in [-0.4, -0.2) is 34.3 Å². The van der Waals surface area contributed by atoms with Gasteiger partial charge < -0.3 is 23.8 Å². The molecule has 1 atom stereocenters. The highest BCUT2D eigenvalue weighted by Gasteiger charge is 2.36. The van der Waals surface area contributed by atoms with E-state index in [0.717, 1.165) is 22.4 Å². The molecule has 0 unspecified atom stereocenters. The Morgan fingerprint density at radius 1 is 0.742 bits per heavy atom. The normalized spacial score (nSPS) is 15.3. The average Bonchev–Trinajstić information content (AvgIpc) is 2.82. The smallest absolute Gasteiger partial charge is 0.232 e. The van der Waals surface area contributed by atoms with Gasteiger partial charge >= 0.3 is 0 Å². The van der Waals surface area contributed by atoms with Crippen LogP contribution in [0.25, 0.3) is 0 Å². The fourth-order valence-corrected chi connectivity index (χ4v) is 4.11. The van der Waals surface area contributed by atoms with Crippen molar-refractivity contribution in [1.82, 2.24) is 0 Å². The molecule has 0 bridgehead atoms. The van der Waals surface area contributed by atoms with E-state index in [1.807, 2.05) is 65.6 Å². The molecular weight excluding hydrogens is 394 g/mol. The summed E-state index contributed by atoms with van der Waals surface area (Å²) in [6, 6.07) is 18.9. The van der Waals surface area contributed by atoms with Crippen molar-refractivity contribution in [3.63, 3.8) is 0 Å². The number of para-hydroxylation sites is 1. The summed E-state index contributed by atoms with van der Waals surface area (Å²) in [5, 5.41) is 0. The highest BCUT2D eigenvalue weighted by Crippen LogP contribution is 2.44. The molecule has 160 valence electrons. The Hall–Kier alpha value is -3.67. The van der Waals surface area contributed by atoms with Crippen LogP contribution >= 0.6 is 0 Å². The summed E-state index contributed by atoms with van der Waals surface area (Å²) < 4.78 is 22.0. The SMILES string of the molecule is COc1ccc([C@H]2c3cc(OC)c(OC)cc3CC(=O)N2c2ccccc2)cc1OC. The van der Waals surface area contributed by atoms with Gasteiger partial charge in [0.15, 0.2) is 23.0 Å². The Kier molecular flexibility index (Phi) is 5.71. The fourth-order valence-electron chi connectivity index (χ4n) is 4.11. The van der Waals surface area contributed by atoms with Crippen molar-refractivity contribution in [2.45, 2.75) is 12.5 Å². The second kappa shape index (κ2) is 8.60. The molecule has 0 N–H and O–H groups in total. The molecular formula is C25H25NO5. The third-order valence-electron chi connectivity index (χ3n) is 5.57. The molecule has 6 heteroatoms. The molecule has 1 amide bonds. The van der Waals surface area contributed by atoms with Crippen LogP contribution in [0.3, 0.4) is 0 Å². The number of anilines is 1. The largest absolute Gasteiger partial charge is 0.493 e. The Morgan fingerprint density at radius 2 is 1.35 bits per heavy atom. The summed E-state index contributed by atoms with van der Waals surface area (Å²) in [4.78, 5) is 15.2. The molecule has 0 saturated heterocycles. The van der Waals surface area contributed by atoms with Gasteiger partial charge in [0.1, 0.15) is 0 Å². The van der Waals surface area contributed by atoms with Crippen LogP contribution in [0.4, 0.5) is 5.69 Å². The van der Waals surface area contributed by atoms with Crippen molar-refractivity contribution in [2.75, 3.05) is 33.3 Å². The number of carbonyl (C=O) groups excluding carboxylic acids is 1. The summed E-state index contributed by atoms with van der Waals surface area (Å²) in [7, 11) is 6.41. The van der Waals surface area contributed by atoms with E-state index < -0.39 is 0 Å². The second-order valence-corrected chi connectivity index (χ2v) is 7.20. The minimum atomic E-state index is -0.363. The van der Waals surface area contributed by atoms with Crippen LogP contribution in [0.2, 0.25) is 0 Å². The zero-order valence-corrected chi connectivity index (χ0v) is 18.0. The molecule has 0 spiro atoms. The van der Waals surface area contributed by atoms with Crippen LogP contribution in [0.15, 0.2) is 60.7 Å². The van der Waals surface area contributed by atoms with Crippen molar-refractivity contribution in [3.8, 4) is 23.0 Å². The first-order valence-corrected chi connectivity index (χ1v) is 9.95. The molecule has 0 fully saturated rings. The van der Waals surface area contributed by atoms with Crippen molar-refractivity contribution in [2.24, 2.45) is 0 Å². The minimum Gasteiger partial charge on any atom is -0.493 e. The molecule has 1 aliphatic rings. The first kappa shape index (κ1) is 20.6. The lowest BCUT2D eigenvalue weighted by Gasteiger charge is -2.38. The Morgan fingerprint density at radius 3 is 2.00 bits per heavy atom. The molecule has 0 aromatic heterocycles. The molecule has 0 radical (unpaired) electrons. The van der Waals surface area contributed by atoms with Crippen molar-refractivity contribution < 1.29 is 23.7 Å². The molecule has 4 rings (SSSR count). The van der Waals surface area contributed by atoms with Crippen LogP contribution in [-0.2, 0) is 11.2 Å². The van der Waals surface area contributed by atoms with Gasteiger partial charge in [-0.3, -0.25) is 4.79 Å². The van der Waals surface area contributed by atoms with Gasteiger partial charge in [0, 0.05) is 5.69 Å². The van der Waals surface area contributed by atoms with E-state index in [9.17, 15) is 4.79 Å². The number of benzene rings is 3. The number of rotatable bonds is 6. The van der Waals surface area contributed by atoms with Crippen LogP contribution in [0.1, 0.15) is 22.7 Å². The molecule has 3 aromatic rings. The van der Waals surface area contributed by atoms with E-state index in [1.165, 1.54) is 0 Å². The lowest BCUT2D eigenvalue weighted by Crippen LogP contribution is -2.41. The van der Waals surface area contributed by atoms with Gasteiger partial charge in [0.05, 0.1) is 40.9 Å². The van der Waals surface area contributed by atoms with Crippen LogP contribution in [0.5, 0.6) is 23.0 Å². The average molecular weight is 419 g/mol. The maximum atomic E-state index is 13.4. The summed E-state index contributed by atoms with van der Waals surface area (Å²) in [5.74, 6) is 2.47. The van der Waals surface area contributed by atoms with E-state index in [0.29, 0.717) is 23.0 Å². The third-order valence-corrected chi connectivity index (χ3v) is 5.57. The zero-order chi connectivity index (χ0) is 22.0. The lowest BCUT2D eigenvalue weighted by molar-refractivity contribution is -0.118. The summed E-state index contributed by atoms with van der Waals surface area (Å²) in [6.45, 7) is 0. The minimum absolute atomic E-state index is 0.00528. The number of nitrogens with zero attached hydrogens (tertiary/aromatic N) is 1. The first-order valence-electron chi connectivity index (χ1n) is 9.95. The monoisotopic (exact) mass is 419 g/mol. The highest BCUT2D eigenvalue weighted by atomic mass is 16.5. The summed E-state index contributed by atoms with van der Waals surface area (Å²) >= 11 is 0. The van der Waals surface area contributed by atoms with Crippen molar-refractivity contribution in [1.29, 1.82) is 0 Å². The Labute approximate surface area is 181 Å². The first-order chi connectivity index (χ1) is 15.1. The number of fused-ring (bicyclic) bond motifs is 1. The molecule has 1 aliphatic heterocycles. The fraction of sp³-hybridized carbons (Fsp3) is 0.240. The molecule has 31 heavy (non-hydrogen) atoms. The molecule has 0 aliphatic carbocycles. The van der Waals surface area contributed by atoms with Gasteiger partial charge in [-0.1, -0.05) is 24.3 Å². The molecule has 1 heterocycles. The third kappa shape index (κ3) is 3.65. The second-order valence-electron chi connectivity index (χ2n) is 7.20. The van der Waals surface area contributed by atoms with E-state index >= 15 is 0 Å². The zero-order valence-electron chi connectivity index (χ0n) is 18.0. The van der Waals surface area contributed by atoms with Gasteiger partial charge in [-0.15, -0.1) is 0 Å². The number of carbonyl (C=O) groups is 1. The highest BCUT2D eigenvalue weighted by molar-refractivity contribution is 5.98. The van der Waals surface area contributed by atoms with Crippen LogP contribution < -0.4 is 23.8 Å². The maximum Gasteiger partial charge on any atom is 0.232 e. The Bertz CT molecular complexity index is 1100. The van der Waals surface area contributed by atoms with Crippen molar-refractivity contribution in [3.05, 3.63) is 77.4 Å². The lowest BCUT2D eigenvalue weighted by atomic mass is 9.86. The van der Waals surface area contributed by atoms with Gasteiger partial charge in [-0.05, 0) is 53.1 Å². The number of methoxy groups -OCH3 is 4. The molecule has 0 saturated carbocycles. The van der Waals surface area contributed by atoms with Gasteiger partial charge in [-0.2, -0.15) is 0 Å². The maximum absolute atomic E-state index is 13.4. The number of ether oxygens (including phenoxy) is 4. The summed E-state index contributed by atoms with van der Waals surface area (Å²) in [6.07, 6.45) is 0.272. The van der Waals surface area contributed by atoms with Gasteiger partial charge in [-0.25, -0.2) is 0 Å². The molecule has 6 nitrogen and oxygen atoms in total. The van der Waals surface area contributed by atoms with Gasteiger partial charge in [0.2, 0.25) is 5.91 Å². The van der Waals surface area contributed by atoms with Gasteiger partial charge in [0.25, 0.3) is 0 Å². The Balaban J connectivity index is 1.96. The number of hydrogen-bond acceptors (Lipinski definition) is 5. The van der Waals surface area contributed by atoms with E-state index in [2.05, 4.69) is 0 Å². The van der Waals surface area contributed by atoms with Crippen LogP contribution in [0, 0.1) is 0 Å². The standard InChI is InChI=1S/C25H25NO5/c1-28-20-11-10-16(12-21(20)29-2)25-19-15-23(31-4)22(30-3)13-17(19)14-24(27)26(25)18-8-6-5-7-9-18/h5-13,15,25H,14H2,1-4H3/t25-/m0/s1. The number of amides is 1. The predicted octanol–water partition coefficient (Wildman–Crippen LogP) is 4.40. The van der Waals surface area contributed by atoms with Crippen molar-refractivity contribution >= 4 is 11.6 Å². The quantitative estimate of drug-likeness (QED) is 0.593. The van der Waals surface area contributed by atoms with E-state index in [1.54, 1.807) is 28.4 Å². The molecule has 3 aromatic carbocycles. The van der Waals surface area contributed by atoms with E-state index in [4.69, 9.17) is 18.9 Å². The predicted molar refractivity (Wildman–Crippen MR) is 119 cm³/mol. The van der Waals surface area contributed by atoms with E-state index in [-0.39, 0.29) is 18.4 Å². The number of hydrogen-bond donors (Lipinski definition) is 0.